The van der Waals surface area contributed by atoms with Crippen LogP contribution in [0.2, 0.25) is 0 Å². The van der Waals surface area contributed by atoms with Crippen LogP contribution < -0.4 is 0 Å². The lowest BCUT2D eigenvalue weighted by atomic mass is 10.4. The van der Waals surface area contributed by atoms with E-state index in [2.05, 4.69) is 106 Å². The second-order valence-electron chi connectivity index (χ2n) is 4.48. The third-order valence-electron chi connectivity index (χ3n) is 3.20. The zero-order valence-corrected chi connectivity index (χ0v) is 13.3. The van der Waals surface area contributed by atoms with Crippen molar-refractivity contribution >= 4 is 23.3 Å². The fraction of sp³-hybridized carbons (Fsp3) is 0. The molecular formula is C18H15BrS. The van der Waals surface area contributed by atoms with Gasteiger partial charge in [0.2, 0.25) is 0 Å². The van der Waals surface area contributed by atoms with Crippen molar-refractivity contribution in [3.63, 3.8) is 0 Å². The molecule has 0 aliphatic rings. The Morgan fingerprint density at radius 1 is 0.450 bits per heavy atom. The molecule has 0 aliphatic heterocycles. The number of hydrogen-bond donors (Lipinski definition) is 0. The topological polar surface area (TPSA) is 0 Å². The van der Waals surface area contributed by atoms with E-state index in [1.54, 1.807) is 0 Å². The summed E-state index contributed by atoms with van der Waals surface area (Å²) in [5.41, 5.74) is 0. The van der Waals surface area contributed by atoms with Crippen molar-refractivity contribution < 1.29 is 0 Å². The number of hydrogen-bond acceptors (Lipinski definition) is 0. The van der Waals surface area contributed by atoms with Gasteiger partial charge in [0, 0.05) is 14.7 Å². The van der Waals surface area contributed by atoms with Crippen molar-refractivity contribution in [1.82, 2.24) is 0 Å². The number of benzene rings is 3. The first-order chi connectivity index (χ1) is 9.82. The molecule has 3 aromatic carbocycles. The Labute approximate surface area is 129 Å². The summed E-state index contributed by atoms with van der Waals surface area (Å²) in [5, 5.41) is 0. The van der Waals surface area contributed by atoms with Crippen molar-refractivity contribution in [2.24, 2.45) is 0 Å². The first-order valence-corrected chi connectivity index (χ1v) is 9.97. The highest BCUT2D eigenvalue weighted by Crippen LogP contribution is 2.73. The SMILES string of the molecule is BrS(c1ccccc1)(c1ccccc1)c1ccccc1. The molecule has 0 N–H and O–H groups in total. The fourth-order valence-corrected chi connectivity index (χ4v) is 6.59. The monoisotopic (exact) mass is 342 g/mol. The Kier molecular flexibility index (Phi) is 3.95. The van der Waals surface area contributed by atoms with Gasteiger partial charge < -0.3 is 0 Å². The van der Waals surface area contributed by atoms with E-state index >= 15 is 0 Å². The van der Waals surface area contributed by atoms with Crippen LogP contribution in [0.25, 0.3) is 0 Å². The van der Waals surface area contributed by atoms with Gasteiger partial charge in [-0.15, -0.1) is 8.46 Å². The molecule has 0 atom stereocenters. The highest BCUT2D eigenvalue weighted by atomic mass is 79.9. The molecule has 0 aliphatic carbocycles. The van der Waals surface area contributed by atoms with E-state index in [9.17, 15) is 0 Å². The molecule has 0 radical (unpaired) electrons. The predicted octanol–water partition coefficient (Wildman–Crippen LogP) is 6.28. The van der Waals surface area contributed by atoms with Crippen molar-refractivity contribution in [3.05, 3.63) is 91.0 Å². The third-order valence-corrected chi connectivity index (χ3v) is 9.33. The fourth-order valence-electron chi connectivity index (χ4n) is 2.23. The van der Waals surface area contributed by atoms with Crippen LogP contribution >= 0.6 is 23.3 Å². The third kappa shape index (κ3) is 2.41. The Balaban J connectivity index is 2.24. The second-order valence-corrected chi connectivity index (χ2v) is 9.88. The Morgan fingerprint density at radius 2 is 0.700 bits per heavy atom. The summed E-state index contributed by atoms with van der Waals surface area (Å²) in [7, 11) is -1.36. The lowest BCUT2D eigenvalue weighted by Crippen LogP contribution is -1.95. The maximum atomic E-state index is 4.09. The van der Waals surface area contributed by atoms with E-state index in [1.165, 1.54) is 14.7 Å². The van der Waals surface area contributed by atoms with Crippen LogP contribution in [0.5, 0.6) is 0 Å². The molecule has 0 saturated heterocycles. The highest BCUT2D eigenvalue weighted by molar-refractivity contribution is 9.58. The highest BCUT2D eigenvalue weighted by Gasteiger charge is 2.27. The van der Waals surface area contributed by atoms with Crippen LogP contribution in [-0.2, 0) is 0 Å². The predicted molar refractivity (Wildman–Crippen MR) is 90.6 cm³/mol. The van der Waals surface area contributed by atoms with Crippen LogP contribution in [0.1, 0.15) is 0 Å². The molecule has 3 aromatic rings. The Hall–Kier alpha value is -1.51. The van der Waals surface area contributed by atoms with Crippen molar-refractivity contribution in [2.75, 3.05) is 0 Å². The summed E-state index contributed by atoms with van der Waals surface area (Å²) >= 11 is 4.09. The van der Waals surface area contributed by atoms with Crippen LogP contribution in [0, 0.1) is 0 Å². The van der Waals surface area contributed by atoms with Crippen LogP contribution in [0.15, 0.2) is 106 Å². The molecule has 100 valence electrons. The molecule has 0 saturated carbocycles. The minimum atomic E-state index is -1.36. The first-order valence-electron chi connectivity index (χ1n) is 6.50. The average Bonchev–Trinajstić information content (AvgIpc) is 2.56. The summed E-state index contributed by atoms with van der Waals surface area (Å²) < 4.78 is 0. The van der Waals surface area contributed by atoms with E-state index in [-0.39, 0.29) is 0 Å². The van der Waals surface area contributed by atoms with Gasteiger partial charge in [-0.05, 0) is 51.2 Å². The van der Waals surface area contributed by atoms with E-state index in [0.717, 1.165) is 0 Å². The Bertz CT molecular complexity index is 569. The van der Waals surface area contributed by atoms with Crippen LogP contribution in [-0.4, -0.2) is 0 Å². The standard InChI is InChI=1S/C18H15BrS/c19-20(16-10-4-1-5-11-16,17-12-6-2-7-13-17)18-14-8-3-9-15-18/h1-15H. The van der Waals surface area contributed by atoms with E-state index < -0.39 is 8.46 Å². The largest absolute Gasteiger partial charge is 0.101 e. The smallest absolute Gasteiger partial charge is 0.00783 e. The quantitative estimate of drug-likeness (QED) is 0.525. The van der Waals surface area contributed by atoms with Crippen LogP contribution in [0.4, 0.5) is 0 Å². The maximum Gasteiger partial charge on any atom is 0.00783 e. The molecule has 2 heteroatoms. The molecule has 0 fully saturated rings. The van der Waals surface area contributed by atoms with Gasteiger partial charge in [0.15, 0.2) is 0 Å². The molecule has 0 nitrogen and oxygen atoms in total. The summed E-state index contributed by atoms with van der Waals surface area (Å²) in [6.45, 7) is 0. The van der Waals surface area contributed by atoms with Gasteiger partial charge in [0.05, 0.1) is 0 Å². The molecule has 20 heavy (non-hydrogen) atoms. The van der Waals surface area contributed by atoms with E-state index in [1.807, 2.05) is 0 Å². The van der Waals surface area contributed by atoms with E-state index in [4.69, 9.17) is 0 Å². The van der Waals surface area contributed by atoms with Crippen molar-refractivity contribution in [2.45, 2.75) is 14.7 Å². The van der Waals surface area contributed by atoms with Crippen molar-refractivity contribution in [1.29, 1.82) is 0 Å². The Morgan fingerprint density at radius 3 is 0.950 bits per heavy atom. The number of halogens is 1. The molecule has 0 amide bonds. The van der Waals surface area contributed by atoms with Gasteiger partial charge in [-0.25, -0.2) is 0 Å². The lowest BCUT2D eigenvalue weighted by molar-refractivity contribution is 1.32. The summed E-state index contributed by atoms with van der Waals surface area (Å²) in [6, 6.07) is 32.0. The van der Waals surface area contributed by atoms with Gasteiger partial charge in [-0.2, -0.15) is 0 Å². The normalized spacial score (nSPS) is 12.1. The molecule has 3 rings (SSSR count). The number of rotatable bonds is 3. The average molecular weight is 343 g/mol. The van der Waals surface area contributed by atoms with E-state index in [0.29, 0.717) is 0 Å². The maximum absolute atomic E-state index is 4.09. The lowest BCUT2D eigenvalue weighted by Gasteiger charge is -2.34. The summed E-state index contributed by atoms with van der Waals surface area (Å²) in [4.78, 5) is 3.95. The second kappa shape index (κ2) is 5.86. The first kappa shape index (κ1) is 13.5. The minimum absolute atomic E-state index is 1.32. The minimum Gasteiger partial charge on any atom is -0.101 e. The summed E-state index contributed by atoms with van der Waals surface area (Å²) in [6.07, 6.45) is 0. The van der Waals surface area contributed by atoms with Gasteiger partial charge in [-0.3, -0.25) is 0 Å². The van der Waals surface area contributed by atoms with Gasteiger partial charge in [-0.1, -0.05) is 54.6 Å². The molecule has 0 unspecified atom stereocenters. The molecular weight excluding hydrogens is 328 g/mol. The summed E-state index contributed by atoms with van der Waals surface area (Å²) in [5.74, 6) is 0. The van der Waals surface area contributed by atoms with Gasteiger partial charge >= 0.3 is 0 Å². The van der Waals surface area contributed by atoms with Gasteiger partial charge in [0.25, 0.3) is 0 Å². The zero-order valence-electron chi connectivity index (χ0n) is 10.9. The van der Waals surface area contributed by atoms with Crippen molar-refractivity contribution in [3.8, 4) is 0 Å². The van der Waals surface area contributed by atoms with Gasteiger partial charge in [0.1, 0.15) is 0 Å². The molecule has 0 bridgehead atoms. The van der Waals surface area contributed by atoms with Crippen LogP contribution in [0.3, 0.4) is 0 Å². The molecule has 0 aromatic heterocycles. The zero-order chi connectivity index (χ0) is 13.8. The molecule has 0 spiro atoms. The molecule has 0 heterocycles.